The zero-order valence-electron chi connectivity index (χ0n) is 12.5. The number of amides is 1. The van der Waals surface area contributed by atoms with Gasteiger partial charge in [-0.3, -0.25) is 4.79 Å². The van der Waals surface area contributed by atoms with Gasteiger partial charge in [-0.1, -0.05) is 32.6 Å². The normalized spacial score (nSPS) is 10.6. The Kier molecular flexibility index (Phi) is 12.5. The Balaban J connectivity index is 3.39. The van der Waals surface area contributed by atoms with Gasteiger partial charge in [-0.2, -0.15) is 0 Å². The molecule has 0 N–H and O–H groups in total. The second-order valence-corrected chi connectivity index (χ2v) is 4.84. The highest BCUT2D eigenvalue weighted by Crippen LogP contribution is 2.08. The van der Waals surface area contributed by atoms with Gasteiger partial charge in [-0.25, -0.2) is 0 Å². The van der Waals surface area contributed by atoms with E-state index in [-0.39, 0.29) is 0 Å². The molecule has 0 aliphatic heterocycles. The van der Waals surface area contributed by atoms with E-state index in [1.165, 1.54) is 25.7 Å². The molecule has 0 atom stereocenters. The third-order valence-corrected chi connectivity index (χ3v) is 3.22. The van der Waals surface area contributed by atoms with Crippen molar-refractivity contribution in [2.24, 2.45) is 0 Å². The number of carbonyl (C=O) groups is 1. The zero-order valence-corrected chi connectivity index (χ0v) is 12.5. The Morgan fingerprint density at radius 2 is 1.61 bits per heavy atom. The highest BCUT2D eigenvalue weighted by Gasteiger charge is 2.09. The number of hydrogen-bond acceptors (Lipinski definition) is 2. The third-order valence-electron chi connectivity index (χ3n) is 3.22. The molecule has 0 aromatic rings. The van der Waals surface area contributed by atoms with Crippen LogP contribution in [0.15, 0.2) is 0 Å². The van der Waals surface area contributed by atoms with Crippen molar-refractivity contribution in [2.45, 2.75) is 65.2 Å². The Morgan fingerprint density at radius 3 is 2.17 bits per heavy atom. The highest BCUT2D eigenvalue weighted by molar-refractivity contribution is 5.76. The summed E-state index contributed by atoms with van der Waals surface area (Å²) in [5.41, 5.74) is 0. The van der Waals surface area contributed by atoms with Crippen molar-refractivity contribution >= 4 is 5.91 Å². The predicted molar refractivity (Wildman–Crippen MR) is 76.7 cm³/mol. The van der Waals surface area contributed by atoms with Gasteiger partial charge in [0.25, 0.3) is 0 Å². The summed E-state index contributed by atoms with van der Waals surface area (Å²) in [5.74, 6) is 0.332. The van der Waals surface area contributed by atoms with Crippen LogP contribution >= 0.6 is 0 Å². The molecule has 0 radical (unpaired) electrons. The van der Waals surface area contributed by atoms with E-state index in [0.29, 0.717) is 5.91 Å². The summed E-state index contributed by atoms with van der Waals surface area (Å²) in [5, 5.41) is 0. The topological polar surface area (TPSA) is 29.5 Å². The molecule has 0 aliphatic carbocycles. The van der Waals surface area contributed by atoms with Gasteiger partial charge in [0, 0.05) is 33.2 Å². The molecule has 18 heavy (non-hydrogen) atoms. The molecule has 0 aromatic heterocycles. The molecule has 3 nitrogen and oxygen atoms in total. The van der Waals surface area contributed by atoms with Gasteiger partial charge in [-0.05, 0) is 26.2 Å². The molecule has 0 fully saturated rings. The van der Waals surface area contributed by atoms with E-state index < -0.39 is 0 Å². The molecule has 3 heteroatoms. The van der Waals surface area contributed by atoms with E-state index in [0.717, 1.165) is 45.4 Å². The first-order chi connectivity index (χ1) is 8.76. The predicted octanol–water partition coefficient (Wildman–Crippen LogP) is 3.62. The molecule has 0 aliphatic rings. The summed E-state index contributed by atoms with van der Waals surface area (Å²) in [4.78, 5) is 13.8. The molecule has 0 saturated carbocycles. The van der Waals surface area contributed by atoms with E-state index in [1.807, 2.05) is 4.90 Å². The molecule has 0 aromatic carbocycles. The summed E-state index contributed by atoms with van der Waals surface area (Å²) >= 11 is 0. The maximum absolute atomic E-state index is 11.8. The van der Waals surface area contributed by atoms with Crippen molar-refractivity contribution in [1.82, 2.24) is 4.90 Å². The summed E-state index contributed by atoms with van der Waals surface area (Å²) in [7, 11) is 1.75. The Bertz CT molecular complexity index is 195. The number of rotatable bonds is 12. The van der Waals surface area contributed by atoms with Gasteiger partial charge in [0.15, 0.2) is 0 Å². The van der Waals surface area contributed by atoms with Crippen molar-refractivity contribution in [3.05, 3.63) is 0 Å². The number of nitrogens with zero attached hydrogens (tertiary/aromatic N) is 1. The average Bonchev–Trinajstić information content (AvgIpc) is 2.38. The third kappa shape index (κ3) is 9.46. The van der Waals surface area contributed by atoms with Gasteiger partial charge in [0.2, 0.25) is 5.91 Å². The van der Waals surface area contributed by atoms with Crippen LogP contribution in [0.2, 0.25) is 0 Å². The Labute approximate surface area is 113 Å². The largest absolute Gasteiger partial charge is 0.385 e. The zero-order chi connectivity index (χ0) is 13.6. The lowest BCUT2D eigenvalue weighted by Crippen LogP contribution is -2.31. The van der Waals surface area contributed by atoms with Crippen LogP contribution in [0.4, 0.5) is 0 Å². The molecular weight excluding hydrogens is 226 g/mol. The van der Waals surface area contributed by atoms with Gasteiger partial charge in [-0.15, -0.1) is 0 Å². The Morgan fingerprint density at radius 1 is 1.00 bits per heavy atom. The molecule has 0 spiro atoms. The molecule has 0 rings (SSSR count). The van der Waals surface area contributed by atoms with Crippen LogP contribution in [0.3, 0.4) is 0 Å². The minimum atomic E-state index is 0.332. The monoisotopic (exact) mass is 257 g/mol. The Hall–Kier alpha value is -0.570. The number of ether oxygens (including phenoxy) is 1. The van der Waals surface area contributed by atoms with Crippen molar-refractivity contribution < 1.29 is 9.53 Å². The molecule has 108 valence electrons. The van der Waals surface area contributed by atoms with Crippen molar-refractivity contribution in [3.8, 4) is 0 Å². The minimum Gasteiger partial charge on any atom is -0.385 e. The number of carbonyl (C=O) groups excluding carboxylic acids is 1. The summed E-state index contributed by atoms with van der Waals surface area (Å²) in [6.07, 6.45) is 8.94. The van der Waals surface area contributed by atoms with Crippen LogP contribution in [0.25, 0.3) is 0 Å². The highest BCUT2D eigenvalue weighted by atomic mass is 16.5. The second kappa shape index (κ2) is 12.9. The van der Waals surface area contributed by atoms with E-state index >= 15 is 0 Å². The van der Waals surface area contributed by atoms with E-state index in [4.69, 9.17) is 4.74 Å². The van der Waals surface area contributed by atoms with Crippen LogP contribution < -0.4 is 0 Å². The van der Waals surface area contributed by atoms with Crippen LogP contribution in [0.1, 0.15) is 65.2 Å². The summed E-state index contributed by atoms with van der Waals surface area (Å²) in [6.45, 7) is 6.82. The van der Waals surface area contributed by atoms with Crippen LogP contribution in [-0.4, -0.2) is 37.6 Å². The minimum absolute atomic E-state index is 0.332. The molecule has 0 saturated heterocycles. The molecule has 1 amide bonds. The van der Waals surface area contributed by atoms with Crippen molar-refractivity contribution in [1.29, 1.82) is 0 Å². The first-order valence-corrected chi connectivity index (χ1v) is 7.52. The molecular formula is C15H31NO2. The smallest absolute Gasteiger partial charge is 0.222 e. The lowest BCUT2D eigenvalue weighted by Gasteiger charge is -2.19. The molecule has 0 bridgehead atoms. The SMILES string of the molecule is CCCN(CC)C(=O)CCCCCCCCOC. The fourth-order valence-corrected chi connectivity index (χ4v) is 2.12. The van der Waals surface area contributed by atoms with Crippen molar-refractivity contribution in [2.75, 3.05) is 26.8 Å². The lowest BCUT2D eigenvalue weighted by atomic mass is 10.1. The number of hydrogen-bond donors (Lipinski definition) is 0. The average molecular weight is 257 g/mol. The van der Waals surface area contributed by atoms with Crippen LogP contribution in [0, 0.1) is 0 Å². The first-order valence-electron chi connectivity index (χ1n) is 7.52. The van der Waals surface area contributed by atoms with Crippen LogP contribution in [0.5, 0.6) is 0 Å². The maximum atomic E-state index is 11.8. The van der Waals surface area contributed by atoms with E-state index in [2.05, 4.69) is 13.8 Å². The fourth-order valence-electron chi connectivity index (χ4n) is 2.12. The van der Waals surface area contributed by atoms with E-state index in [1.54, 1.807) is 7.11 Å². The molecule has 0 unspecified atom stereocenters. The quantitative estimate of drug-likeness (QED) is 0.500. The molecule has 0 heterocycles. The lowest BCUT2D eigenvalue weighted by molar-refractivity contribution is -0.131. The fraction of sp³-hybridized carbons (Fsp3) is 0.933. The van der Waals surface area contributed by atoms with Crippen molar-refractivity contribution in [3.63, 3.8) is 0 Å². The second-order valence-electron chi connectivity index (χ2n) is 4.84. The number of unbranched alkanes of at least 4 members (excludes halogenated alkanes) is 5. The first kappa shape index (κ1) is 17.4. The van der Waals surface area contributed by atoms with Crippen LogP contribution in [-0.2, 0) is 9.53 Å². The van der Waals surface area contributed by atoms with E-state index in [9.17, 15) is 4.79 Å². The van der Waals surface area contributed by atoms with Gasteiger partial charge < -0.3 is 9.64 Å². The standard InChI is InChI=1S/C15H31NO2/c1-4-13-16(5-2)15(17)12-10-8-6-7-9-11-14-18-3/h4-14H2,1-3H3. The maximum Gasteiger partial charge on any atom is 0.222 e. The van der Waals surface area contributed by atoms with Gasteiger partial charge in [0.1, 0.15) is 0 Å². The van der Waals surface area contributed by atoms with Gasteiger partial charge in [0.05, 0.1) is 0 Å². The summed E-state index contributed by atoms with van der Waals surface area (Å²) < 4.78 is 5.01. The van der Waals surface area contributed by atoms with Gasteiger partial charge >= 0.3 is 0 Å². The number of methoxy groups -OCH3 is 1. The summed E-state index contributed by atoms with van der Waals surface area (Å²) in [6, 6.07) is 0.